The molecule has 0 aliphatic rings. The van der Waals surface area contributed by atoms with Gasteiger partial charge in [0.1, 0.15) is 0 Å². The summed E-state index contributed by atoms with van der Waals surface area (Å²) in [6.45, 7) is 3.79. The maximum Gasteiger partial charge on any atom is 0.197 e. The maximum atomic E-state index is 11.6. The highest BCUT2D eigenvalue weighted by Crippen LogP contribution is 2.15. The molecular formula is C10H11ClO3S. The number of aryl methyl sites for hydroxylation is 2. The van der Waals surface area contributed by atoms with Gasteiger partial charge in [-0.1, -0.05) is 23.7 Å². The van der Waals surface area contributed by atoms with Crippen molar-refractivity contribution in [1.82, 2.24) is 0 Å². The average molecular weight is 247 g/mol. The first-order valence-corrected chi connectivity index (χ1v) is 5.89. The zero-order valence-corrected chi connectivity index (χ0v) is 9.93. The minimum atomic E-state index is -2.34. The molecule has 1 rings (SSSR count). The predicted octanol–water partition coefficient (Wildman–Crippen LogP) is 2.27. The first-order chi connectivity index (χ1) is 6.93. The van der Waals surface area contributed by atoms with Crippen molar-refractivity contribution in [2.45, 2.75) is 18.6 Å². The lowest BCUT2D eigenvalue weighted by Gasteiger charge is -2.06. The third-order valence-corrected chi connectivity index (χ3v) is 3.40. The van der Waals surface area contributed by atoms with Gasteiger partial charge in [0.2, 0.25) is 0 Å². The van der Waals surface area contributed by atoms with E-state index in [-0.39, 0.29) is 0 Å². The van der Waals surface area contributed by atoms with Crippen LogP contribution in [0.3, 0.4) is 0 Å². The van der Waals surface area contributed by atoms with E-state index in [9.17, 15) is 9.00 Å². The molecule has 82 valence electrons. The average Bonchev–Trinajstić information content (AvgIpc) is 2.19. The van der Waals surface area contributed by atoms with E-state index in [1.54, 1.807) is 18.2 Å². The van der Waals surface area contributed by atoms with Crippen molar-refractivity contribution in [2.24, 2.45) is 0 Å². The monoisotopic (exact) mass is 246 g/mol. The molecule has 5 heteroatoms. The summed E-state index contributed by atoms with van der Waals surface area (Å²) in [6, 6.07) is 5.05. The van der Waals surface area contributed by atoms with E-state index in [1.807, 2.05) is 13.8 Å². The molecule has 0 radical (unpaired) electrons. The molecule has 1 aromatic carbocycles. The second kappa shape index (κ2) is 4.88. The fraction of sp³-hybridized carbons (Fsp3) is 0.300. The number of rotatable bonds is 3. The van der Waals surface area contributed by atoms with Gasteiger partial charge in [-0.15, -0.1) is 0 Å². The first-order valence-electron chi connectivity index (χ1n) is 4.28. The third kappa shape index (κ3) is 2.87. The van der Waals surface area contributed by atoms with Gasteiger partial charge in [-0.2, -0.15) is 0 Å². The highest BCUT2D eigenvalue weighted by Gasteiger charge is 2.22. The second-order valence-electron chi connectivity index (χ2n) is 3.26. The van der Waals surface area contributed by atoms with Crippen LogP contribution in [0.25, 0.3) is 0 Å². The summed E-state index contributed by atoms with van der Waals surface area (Å²) in [5.74, 6) is -0.527. The molecule has 0 bridgehead atoms. The van der Waals surface area contributed by atoms with Crippen LogP contribution in [0, 0.1) is 13.8 Å². The molecule has 0 aliphatic carbocycles. The lowest BCUT2D eigenvalue weighted by atomic mass is 10.0. The van der Waals surface area contributed by atoms with Crippen LogP contribution in [0.1, 0.15) is 21.5 Å². The van der Waals surface area contributed by atoms with Gasteiger partial charge in [0, 0.05) is 5.56 Å². The standard InChI is InChI=1S/C10H11ClO3S/c1-6-3-4-8(5-7(6)2)9(12)10(11)15(13)14/h3-5,10H,1-2H3,(H,13,14). The van der Waals surface area contributed by atoms with Crippen molar-refractivity contribution in [1.29, 1.82) is 0 Å². The number of hydrogen-bond donors (Lipinski definition) is 1. The Morgan fingerprint density at radius 3 is 2.47 bits per heavy atom. The van der Waals surface area contributed by atoms with E-state index >= 15 is 0 Å². The molecular weight excluding hydrogens is 236 g/mol. The highest BCUT2D eigenvalue weighted by molar-refractivity contribution is 7.82. The van der Waals surface area contributed by atoms with Crippen LogP contribution < -0.4 is 0 Å². The number of carbonyl (C=O) groups excluding carboxylic acids is 1. The van der Waals surface area contributed by atoms with Gasteiger partial charge in [0.25, 0.3) is 0 Å². The lowest BCUT2D eigenvalue weighted by Crippen LogP contribution is -2.19. The Balaban J connectivity index is 3.02. The van der Waals surface area contributed by atoms with E-state index < -0.39 is 21.6 Å². The Hall–Kier alpha value is -0.710. The van der Waals surface area contributed by atoms with Gasteiger partial charge < -0.3 is 4.55 Å². The van der Waals surface area contributed by atoms with Crippen molar-refractivity contribution in [2.75, 3.05) is 0 Å². The van der Waals surface area contributed by atoms with Crippen LogP contribution >= 0.6 is 11.6 Å². The Labute approximate surface area is 95.7 Å². The van der Waals surface area contributed by atoms with E-state index in [0.717, 1.165) is 11.1 Å². The third-order valence-electron chi connectivity index (χ3n) is 2.17. The topological polar surface area (TPSA) is 54.4 Å². The predicted molar refractivity (Wildman–Crippen MR) is 60.7 cm³/mol. The number of Topliss-reactive ketones (excluding diaryl/α,β-unsaturated/α-hetero) is 1. The summed E-state index contributed by atoms with van der Waals surface area (Å²) in [5, 5.41) is 0. The number of benzene rings is 1. The molecule has 0 amide bonds. The molecule has 1 aromatic rings. The molecule has 15 heavy (non-hydrogen) atoms. The van der Waals surface area contributed by atoms with E-state index in [0.29, 0.717) is 5.56 Å². The van der Waals surface area contributed by atoms with Crippen molar-refractivity contribution >= 4 is 28.5 Å². The molecule has 1 N–H and O–H groups in total. The van der Waals surface area contributed by atoms with Crippen molar-refractivity contribution in [3.8, 4) is 0 Å². The van der Waals surface area contributed by atoms with Gasteiger partial charge >= 0.3 is 0 Å². The largest absolute Gasteiger partial charge is 0.305 e. The summed E-state index contributed by atoms with van der Waals surface area (Å²) >= 11 is 3.16. The van der Waals surface area contributed by atoms with Gasteiger partial charge in [0.15, 0.2) is 21.6 Å². The zero-order chi connectivity index (χ0) is 11.6. The number of alkyl halides is 1. The number of halogens is 1. The molecule has 0 aromatic heterocycles. The van der Waals surface area contributed by atoms with E-state index in [1.165, 1.54) is 0 Å². The Morgan fingerprint density at radius 1 is 1.40 bits per heavy atom. The molecule has 0 saturated heterocycles. The maximum absolute atomic E-state index is 11.6. The summed E-state index contributed by atoms with van der Waals surface area (Å²) < 4.78 is 17.9. The summed E-state index contributed by atoms with van der Waals surface area (Å²) in [4.78, 5) is 11.6. The van der Waals surface area contributed by atoms with E-state index in [4.69, 9.17) is 16.2 Å². The van der Waals surface area contributed by atoms with Gasteiger partial charge in [-0.3, -0.25) is 4.79 Å². The summed E-state index contributed by atoms with van der Waals surface area (Å²) in [7, 11) is 0. The van der Waals surface area contributed by atoms with Crippen LogP contribution in [0.4, 0.5) is 0 Å². The molecule has 0 fully saturated rings. The number of ketones is 1. The minimum absolute atomic E-state index is 0.362. The molecule has 0 spiro atoms. The SMILES string of the molecule is Cc1ccc(C(=O)C(Cl)S(=O)O)cc1C. The fourth-order valence-electron chi connectivity index (χ4n) is 1.12. The smallest absolute Gasteiger partial charge is 0.197 e. The highest BCUT2D eigenvalue weighted by atomic mass is 35.5. The Kier molecular flexibility index (Phi) is 4.02. The van der Waals surface area contributed by atoms with Crippen molar-refractivity contribution < 1.29 is 13.6 Å². The molecule has 0 aliphatic heterocycles. The van der Waals surface area contributed by atoms with Crippen LogP contribution in [0.15, 0.2) is 18.2 Å². The minimum Gasteiger partial charge on any atom is -0.305 e. The summed E-state index contributed by atoms with van der Waals surface area (Å²) in [6.07, 6.45) is 0. The number of carbonyl (C=O) groups is 1. The fourth-order valence-corrected chi connectivity index (χ4v) is 1.56. The van der Waals surface area contributed by atoms with Gasteiger partial charge in [0.05, 0.1) is 0 Å². The Bertz CT molecular complexity index is 417. The quantitative estimate of drug-likeness (QED) is 0.506. The Morgan fingerprint density at radius 2 is 2.00 bits per heavy atom. The second-order valence-corrected chi connectivity index (χ2v) is 4.97. The van der Waals surface area contributed by atoms with Crippen LogP contribution in [-0.4, -0.2) is 19.3 Å². The van der Waals surface area contributed by atoms with Crippen LogP contribution in [0.2, 0.25) is 0 Å². The number of hydrogen-bond acceptors (Lipinski definition) is 2. The molecule has 0 heterocycles. The molecule has 3 nitrogen and oxygen atoms in total. The van der Waals surface area contributed by atoms with E-state index in [2.05, 4.69) is 0 Å². The van der Waals surface area contributed by atoms with Gasteiger partial charge in [-0.25, -0.2) is 4.21 Å². The van der Waals surface area contributed by atoms with Crippen molar-refractivity contribution in [3.63, 3.8) is 0 Å². The van der Waals surface area contributed by atoms with Crippen LogP contribution in [-0.2, 0) is 11.1 Å². The van der Waals surface area contributed by atoms with Crippen LogP contribution in [0.5, 0.6) is 0 Å². The molecule has 0 saturated carbocycles. The summed E-state index contributed by atoms with van der Waals surface area (Å²) in [5.41, 5.74) is 2.37. The van der Waals surface area contributed by atoms with Crippen molar-refractivity contribution in [3.05, 3.63) is 34.9 Å². The molecule has 2 atom stereocenters. The first kappa shape index (κ1) is 12.4. The normalized spacial score (nSPS) is 14.7. The lowest BCUT2D eigenvalue weighted by molar-refractivity contribution is 0.101. The van der Waals surface area contributed by atoms with Gasteiger partial charge in [-0.05, 0) is 31.0 Å². The molecule has 2 unspecified atom stereocenters. The zero-order valence-electron chi connectivity index (χ0n) is 8.36.